The number of benzene rings is 1. The first-order valence-corrected chi connectivity index (χ1v) is 6.80. The van der Waals surface area contributed by atoms with Crippen molar-refractivity contribution in [2.45, 2.75) is 46.0 Å². The minimum Gasteiger partial charge on any atom is -0.349 e. The molecule has 0 saturated heterocycles. The second-order valence-electron chi connectivity index (χ2n) is 4.97. The lowest BCUT2D eigenvalue weighted by atomic mass is 9.97. The van der Waals surface area contributed by atoms with Crippen LogP contribution in [0, 0.1) is 13.8 Å². The van der Waals surface area contributed by atoms with E-state index in [4.69, 9.17) is 0 Å². The molecule has 2 nitrogen and oxygen atoms in total. The Labute approximate surface area is 109 Å². The molecule has 0 radical (unpaired) electrons. The summed E-state index contributed by atoms with van der Waals surface area (Å²) >= 11 is 0. The summed E-state index contributed by atoms with van der Waals surface area (Å²) in [5.41, 5.74) is 4.40. The van der Waals surface area contributed by atoms with Gasteiger partial charge in [-0.1, -0.05) is 24.6 Å². The van der Waals surface area contributed by atoms with Gasteiger partial charge >= 0.3 is 0 Å². The molecule has 2 heteroatoms. The van der Waals surface area contributed by atoms with Crippen molar-refractivity contribution in [1.29, 1.82) is 0 Å². The van der Waals surface area contributed by atoms with E-state index in [9.17, 15) is 0 Å². The van der Waals surface area contributed by atoms with E-state index in [1.54, 1.807) is 0 Å². The van der Waals surface area contributed by atoms with Crippen molar-refractivity contribution in [3.05, 3.63) is 53.1 Å². The van der Waals surface area contributed by atoms with Crippen molar-refractivity contribution in [2.75, 3.05) is 0 Å². The number of nitrogens with one attached hydrogen (secondary N) is 1. The highest BCUT2D eigenvalue weighted by atomic mass is 14.9. The van der Waals surface area contributed by atoms with Gasteiger partial charge in [0, 0.05) is 18.8 Å². The van der Waals surface area contributed by atoms with Crippen molar-refractivity contribution < 1.29 is 0 Å². The maximum absolute atomic E-state index is 4.24. The van der Waals surface area contributed by atoms with E-state index in [1.807, 2.05) is 12.4 Å². The van der Waals surface area contributed by atoms with Crippen LogP contribution >= 0.6 is 0 Å². The van der Waals surface area contributed by atoms with Crippen LogP contribution in [-0.2, 0) is 12.8 Å². The monoisotopic (exact) mass is 242 g/mol. The van der Waals surface area contributed by atoms with Crippen molar-refractivity contribution in [3.63, 3.8) is 0 Å². The van der Waals surface area contributed by atoms with Gasteiger partial charge in [0.2, 0.25) is 0 Å². The lowest BCUT2D eigenvalue weighted by molar-refractivity contribution is 0.663. The van der Waals surface area contributed by atoms with Crippen molar-refractivity contribution in [1.82, 2.24) is 9.97 Å². The minimum atomic E-state index is 1.07. The average molecular weight is 242 g/mol. The molecule has 0 aliphatic carbocycles. The lowest BCUT2D eigenvalue weighted by Crippen LogP contribution is -1.95. The summed E-state index contributed by atoms with van der Waals surface area (Å²) in [5.74, 6) is 1.11. The summed E-state index contributed by atoms with van der Waals surface area (Å²) in [7, 11) is 0. The van der Waals surface area contributed by atoms with Crippen LogP contribution in [0.1, 0.15) is 41.8 Å². The first kappa shape index (κ1) is 12.9. The molecule has 1 aromatic carbocycles. The predicted molar refractivity (Wildman–Crippen MR) is 75.8 cm³/mol. The van der Waals surface area contributed by atoms with Crippen LogP contribution in [0.5, 0.6) is 0 Å². The number of hydrogen-bond acceptors (Lipinski definition) is 1. The molecule has 2 rings (SSSR count). The van der Waals surface area contributed by atoms with Crippen LogP contribution in [0.15, 0.2) is 30.6 Å². The fourth-order valence-corrected chi connectivity index (χ4v) is 2.45. The van der Waals surface area contributed by atoms with Crippen LogP contribution in [-0.4, -0.2) is 9.97 Å². The zero-order valence-electron chi connectivity index (χ0n) is 11.4. The van der Waals surface area contributed by atoms with Gasteiger partial charge < -0.3 is 4.98 Å². The van der Waals surface area contributed by atoms with Gasteiger partial charge in [-0.15, -0.1) is 0 Å². The highest BCUT2D eigenvalue weighted by Gasteiger charge is 2.02. The molecule has 0 aliphatic rings. The molecule has 0 spiro atoms. The molecule has 0 aliphatic heterocycles. The third kappa shape index (κ3) is 3.46. The fraction of sp³-hybridized carbons (Fsp3) is 0.438. The predicted octanol–water partition coefficient (Wildman–Crippen LogP) is 3.98. The topological polar surface area (TPSA) is 28.7 Å². The van der Waals surface area contributed by atoms with Gasteiger partial charge in [0.1, 0.15) is 5.82 Å². The number of aromatic amines is 1. The summed E-state index contributed by atoms with van der Waals surface area (Å²) in [4.78, 5) is 7.40. The number of hydrogen-bond donors (Lipinski definition) is 1. The summed E-state index contributed by atoms with van der Waals surface area (Å²) in [6.45, 7) is 4.43. The molecule has 2 aromatic rings. The Kier molecular flexibility index (Phi) is 4.57. The largest absolute Gasteiger partial charge is 0.349 e. The Morgan fingerprint density at radius 2 is 1.72 bits per heavy atom. The SMILES string of the molecule is Cc1cccc(C)c1CCCCCc1ncc[nH]1. The van der Waals surface area contributed by atoms with Crippen molar-refractivity contribution >= 4 is 0 Å². The molecule has 0 fully saturated rings. The maximum atomic E-state index is 4.24. The first-order chi connectivity index (χ1) is 8.77. The molecular weight excluding hydrogens is 220 g/mol. The molecule has 0 atom stereocenters. The maximum Gasteiger partial charge on any atom is 0.105 e. The highest BCUT2D eigenvalue weighted by Crippen LogP contribution is 2.16. The third-order valence-electron chi connectivity index (χ3n) is 3.54. The fourth-order valence-electron chi connectivity index (χ4n) is 2.45. The van der Waals surface area contributed by atoms with E-state index in [1.165, 1.54) is 42.4 Å². The first-order valence-electron chi connectivity index (χ1n) is 6.80. The summed E-state index contributed by atoms with van der Waals surface area (Å²) in [5, 5.41) is 0. The Morgan fingerprint density at radius 3 is 2.39 bits per heavy atom. The standard InChI is InChI=1S/C16H22N2/c1-13-7-6-8-14(2)15(13)9-4-3-5-10-16-17-11-12-18-16/h6-8,11-12H,3-5,9-10H2,1-2H3,(H,17,18). The molecule has 1 aromatic heterocycles. The van der Waals surface area contributed by atoms with Crippen molar-refractivity contribution in [3.8, 4) is 0 Å². The van der Waals surface area contributed by atoms with Crippen LogP contribution < -0.4 is 0 Å². The van der Waals surface area contributed by atoms with E-state index >= 15 is 0 Å². The number of nitrogens with zero attached hydrogens (tertiary/aromatic N) is 1. The second-order valence-corrected chi connectivity index (χ2v) is 4.97. The van der Waals surface area contributed by atoms with Crippen molar-refractivity contribution in [2.24, 2.45) is 0 Å². The number of imidazole rings is 1. The Bertz CT molecular complexity index is 452. The van der Waals surface area contributed by atoms with Gasteiger partial charge in [-0.05, 0) is 49.8 Å². The van der Waals surface area contributed by atoms with E-state index in [2.05, 4.69) is 42.0 Å². The summed E-state index contributed by atoms with van der Waals surface area (Å²) in [6, 6.07) is 6.57. The minimum absolute atomic E-state index is 1.07. The second kappa shape index (κ2) is 6.39. The van der Waals surface area contributed by atoms with E-state index in [-0.39, 0.29) is 0 Å². The van der Waals surface area contributed by atoms with Gasteiger partial charge in [0.05, 0.1) is 0 Å². The van der Waals surface area contributed by atoms with Gasteiger partial charge in [0.25, 0.3) is 0 Å². The zero-order chi connectivity index (χ0) is 12.8. The number of aromatic nitrogens is 2. The highest BCUT2D eigenvalue weighted by molar-refractivity contribution is 5.33. The number of rotatable bonds is 6. The van der Waals surface area contributed by atoms with Gasteiger partial charge in [-0.3, -0.25) is 0 Å². The lowest BCUT2D eigenvalue weighted by Gasteiger charge is -2.09. The van der Waals surface area contributed by atoms with Gasteiger partial charge in [0.15, 0.2) is 0 Å². The van der Waals surface area contributed by atoms with Crippen LogP contribution in [0.25, 0.3) is 0 Å². The molecule has 0 amide bonds. The summed E-state index contributed by atoms with van der Waals surface area (Å²) < 4.78 is 0. The zero-order valence-corrected chi connectivity index (χ0v) is 11.4. The molecule has 18 heavy (non-hydrogen) atoms. The van der Waals surface area contributed by atoms with E-state index in [0.717, 1.165) is 12.2 Å². The van der Waals surface area contributed by atoms with Gasteiger partial charge in [-0.25, -0.2) is 4.98 Å². The smallest absolute Gasteiger partial charge is 0.105 e. The van der Waals surface area contributed by atoms with E-state index in [0.29, 0.717) is 0 Å². The average Bonchev–Trinajstić information content (AvgIpc) is 2.85. The molecule has 1 N–H and O–H groups in total. The Hall–Kier alpha value is -1.57. The molecular formula is C16H22N2. The number of aryl methyl sites for hydroxylation is 3. The molecule has 1 heterocycles. The number of H-pyrrole nitrogens is 1. The number of unbranched alkanes of at least 4 members (excludes halogenated alkanes) is 2. The molecule has 0 unspecified atom stereocenters. The molecule has 0 saturated carbocycles. The Morgan fingerprint density at radius 1 is 1.00 bits per heavy atom. The van der Waals surface area contributed by atoms with Crippen LogP contribution in [0.3, 0.4) is 0 Å². The summed E-state index contributed by atoms with van der Waals surface area (Å²) in [6.07, 6.45) is 9.76. The van der Waals surface area contributed by atoms with Crippen LogP contribution in [0.2, 0.25) is 0 Å². The quantitative estimate of drug-likeness (QED) is 0.762. The molecule has 96 valence electrons. The van der Waals surface area contributed by atoms with E-state index < -0.39 is 0 Å². The van der Waals surface area contributed by atoms with Crippen LogP contribution in [0.4, 0.5) is 0 Å². The van der Waals surface area contributed by atoms with Gasteiger partial charge in [-0.2, -0.15) is 0 Å². The Balaban J connectivity index is 1.72. The third-order valence-corrected chi connectivity index (χ3v) is 3.54. The normalized spacial score (nSPS) is 10.8. The molecule has 0 bridgehead atoms.